The van der Waals surface area contributed by atoms with Crippen molar-refractivity contribution < 1.29 is 67.1 Å². The zero-order valence-electron chi connectivity index (χ0n) is 8.04. The fourth-order valence-corrected chi connectivity index (χ4v) is 0.778. The SMILES string of the molecule is C#Cc1ccc(C(=O)O)c(F)c1.[H-].[K+]. The number of carbonyl (C=O) groups is 1. The molecule has 0 saturated carbocycles. The zero-order chi connectivity index (χ0) is 9.14. The molecule has 0 fully saturated rings. The molecule has 0 spiro atoms. The van der Waals surface area contributed by atoms with Crippen LogP contribution in [0.3, 0.4) is 0 Å². The van der Waals surface area contributed by atoms with Crippen molar-refractivity contribution in [1.29, 1.82) is 0 Å². The number of hydrogen-bond acceptors (Lipinski definition) is 1. The summed E-state index contributed by atoms with van der Waals surface area (Å²) in [6.45, 7) is 0. The van der Waals surface area contributed by atoms with Crippen LogP contribution in [0.5, 0.6) is 0 Å². The smallest absolute Gasteiger partial charge is 1.00 e. The average molecular weight is 204 g/mol. The molecule has 0 atom stereocenters. The van der Waals surface area contributed by atoms with E-state index in [4.69, 9.17) is 11.5 Å². The molecule has 0 aliphatic heterocycles. The topological polar surface area (TPSA) is 37.3 Å². The summed E-state index contributed by atoms with van der Waals surface area (Å²) in [5.41, 5.74) is -0.0356. The summed E-state index contributed by atoms with van der Waals surface area (Å²) in [7, 11) is 0. The standard InChI is InChI=1S/C9H5FO2.K.H/c1-2-6-3-4-7(9(11)12)8(10)5-6;;/h1,3-5H,(H,11,12);;/q;+1;-1. The summed E-state index contributed by atoms with van der Waals surface area (Å²) >= 11 is 0. The molecular formula is C9H6FKO2. The van der Waals surface area contributed by atoms with Crippen LogP contribution < -0.4 is 51.4 Å². The third-order valence-corrected chi connectivity index (χ3v) is 1.37. The maximum atomic E-state index is 12.8. The summed E-state index contributed by atoms with van der Waals surface area (Å²) in [6.07, 6.45) is 4.98. The maximum absolute atomic E-state index is 12.8. The maximum Gasteiger partial charge on any atom is 1.00 e. The van der Waals surface area contributed by atoms with Gasteiger partial charge in [-0.3, -0.25) is 0 Å². The van der Waals surface area contributed by atoms with Crippen molar-refractivity contribution in [2.45, 2.75) is 0 Å². The Hall–Kier alpha value is -0.184. The van der Waals surface area contributed by atoms with Crippen LogP contribution in [0.25, 0.3) is 0 Å². The number of rotatable bonds is 1. The number of hydrogen-bond donors (Lipinski definition) is 1. The minimum Gasteiger partial charge on any atom is -1.00 e. The van der Waals surface area contributed by atoms with Gasteiger partial charge in [0.2, 0.25) is 0 Å². The van der Waals surface area contributed by atoms with E-state index >= 15 is 0 Å². The van der Waals surface area contributed by atoms with Crippen LogP contribution in [0.2, 0.25) is 0 Å². The predicted molar refractivity (Wildman–Crippen MR) is 42.4 cm³/mol. The fourth-order valence-electron chi connectivity index (χ4n) is 0.778. The number of aromatic carboxylic acids is 1. The number of carboxylic acids is 1. The quantitative estimate of drug-likeness (QED) is 0.452. The minimum atomic E-state index is -1.30. The summed E-state index contributed by atoms with van der Waals surface area (Å²) in [6, 6.07) is 3.54. The first-order valence-electron chi connectivity index (χ1n) is 3.14. The zero-order valence-corrected chi connectivity index (χ0v) is 10.2. The molecule has 0 aliphatic carbocycles. The van der Waals surface area contributed by atoms with Crippen LogP contribution in [0.15, 0.2) is 18.2 Å². The van der Waals surface area contributed by atoms with Crippen LogP contribution in [0.4, 0.5) is 4.39 Å². The molecule has 0 amide bonds. The Morgan fingerprint density at radius 1 is 1.62 bits per heavy atom. The summed E-state index contributed by atoms with van der Waals surface area (Å²) in [4.78, 5) is 10.3. The summed E-state index contributed by atoms with van der Waals surface area (Å²) < 4.78 is 12.8. The Morgan fingerprint density at radius 2 is 2.23 bits per heavy atom. The minimum absolute atomic E-state index is 0. The van der Waals surface area contributed by atoms with Gasteiger partial charge in [-0.15, -0.1) is 6.42 Å². The molecule has 0 bridgehead atoms. The Kier molecular flexibility index (Phi) is 5.45. The molecule has 1 N–H and O–H groups in total. The third kappa shape index (κ3) is 3.22. The van der Waals surface area contributed by atoms with Crippen molar-refractivity contribution >= 4 is 5.97 Å². The van der Waals surface area contributed by atoms with Crippen LogP contribution in [0, 0.1) is 18.2 Å². The van der Waals surface area contributed by atoms with E-state index in [-0.39, 0.29) is 58.4 Å². The van der Waals surface area contributed by atoms with Crippen molar-refractivity contribution in [3.63, 3.8) is 0 Å². The van der Waals surface area contributed by atoms with Gasteiger partial charge in [0, 0.05) is 5.56 Å². The van der Waals surface area contributed by atoms with Crippen molar-refractivity contribution in [3.8, 4) is 12.3 Å². The van der Waals surface area contributed by atoms with E-state index in [9.17, 15) is 9.18 Å². The van der Waals surface area contributed by atoms with E-state index in [0.717, 1.165) is 12.1 Å². The van der Waals surface area contributed by atoms with Gasteiger partial charge in [0.1, 0.15) is 5.82 Å². The molecule has 0 radical (unpaired) electrons. The van der Waals surface area contributed by atoms with Crippen molar-refractivity contribution in [1.82, 2.24) is 0 Å². The van der Waals surface area contributed by atoms with Crippen molar-refractivity contribution in [3.05, 3.63) is 35.1 Å². The molecule has 1 aromatic rings. The fraction of sp³-hybridized carbons (Fsp3) is 0. The Bertz CT molecular complexity index is 374. The molecule has 62 valence electrons. The third-order valence-electron chi connectivity index (χ3n) is 1.37. The van der Waals surface area contributed by atoms with Crippen LogP contribution in [-0.4, -0.2) is 11.1 Å². The van der Waals surface area contributed by atoms with E-state index in [1.54, 1.807) is 0 Å². The number of halogens is 1. The number of carboxylic acid groups (broad SMARTS) is 1. The van der Waals surface area contributed by atoms with Gasteiger partial charge in [0.25, 0.3) is 0 Å². The largest absolute Gasteiger partial charge is 1.00 e. The second-order valence-electron chi connectivity index (χ2n) is 2.14. The normalized spacial score (nSPS) is 8.31. The number of benzene rings is 1. The first-order chi connectivity index (χ1) is 5.65. The van der Waals surface area contributed by atoms with Gasteiger partial charge in [-0.1, -0.05) is 5.92 Å². The van der Waals surface area contributed by atoms with E-state index in [2.05, 4.69) is 5.92 Å². The van der Waals surface area contributed by atoms with Gasteiger partial charge in [-0.05, 0) is 18.2 Å². The van der Waals surface area contributed by atoms with E-state index in [1.807, 2.05) is 0 Å². The molecule has 1 rings (SSSR count). The first kappa shape index (κ1) is 12.8. The van der Waals surface area contributed by atoms with Gasteiger partial charge in [0.15, 0.2) is 0 Å². The monoisotopic (exact) mass is 204 g/mol. The number of terminal acetylenes is 1. The van der Waals surface area contributed by atoms with E-state index in [1.165, 1.54) is 6.07 Å². The van der Waals surface area contributed by atoms with Gasteiger partial charge in [0.05, 0.1) is 5.56 Å². The average Bonchev–Trinajstić information content (AvgIpc) is 2.03. The Balaban J connectivity index is 0. The molecule has 0 saturated heterocycles. The molecule has 1 aromatic carbocycles. The van der Waals surface area contributed by atoms with Crippen LogP contribution >= 0.6 is 0 Å². The molecule has 2 nitrogen and oxygen atoms in total. The van der Waals surface area contributed by atoms with Gasteiger partial charge in [-0.2, -0.15) is 0 Å². The molecular weight excluding hydrogens is 198 g/mol. The van der Waals surface area contributed by atoms with Gasteiger partial charge < -0.3 is 6.53 Å². The summed E-state index contributed by atoms with van der Waals surface area (Å²) in [5.74, 6) is 0.0982. The van der Waals surface area contributed by atoms with Gasteiger partial charge in [-0.25, -0.2) is 9.18 Å². The Morgan fingerprint density at radius 3 is 2.62 bits per heavy atom. The first-order valence-corrected chi connectivity index (χ1v) is 3.14. The molecule has 0 unspecified atom stereocenters. The second kappa shape index (κ2) is 5.53. The molecule has 0 heterocycles. The van der Waals surface area contributed by atoms with Crippen molar-refractivity contribution in [2.75, 3.05) is 0 Å². The van der Waals surface area contributed by atoms with Crippen molar-refractivity contribution in [2.24, 2.45) is 0 Å². The molecule has 4 heteroatoms. The van der Waals surface area contributed by atoms with E-state index < -0.39 is 11.8 Å². The second-order valence-corrected chi connectivity index (χ2v) is 2.14. The predicted octanol–water partition coefficient (Wildman–Crippen LogP) is -1.38. The van der Waals surface area contributed by atoms with Crippen LogP contribution in [0.1, 0.15) is 17.3 Å². The molecule has 0 aliphatic rings. The summed E-state index contributed by atoms with van der Waals surface area (Å²) in [5, 5.41) is 8.44. The van der Waals surface area contributed by atoms with E-state index in [0.29, 0.717) is 5.56 Å². The molecule has 13 heavy (non-hydrogen) atoms. The Labute approximate surface area is 119 Å². The van der Waals surface area contributed by atoms with Gasteiger partial charge >= 0.3 is 57.4 Å². The molecule has 0 aromatic heterocycles. The van der Waals surface area contributed by atoms with Crippen LogP contribution in [-0.2, 0) is 0 Å².